The number of unbranched alkanes of at least 4 members (excludes halogenated alkanes) is 2. The molecule has 0 saturated carbocycles. The van der Waals surface area contributed by atoms with E-state index in [0.29, 0.717) is 19.5 Å². The van der Waals surface area contributed by atoms with Crippen LogP contribution in [-0.2, 0) is 9.59 Å². The molecular weight excluding hydrogens is 318 g/mol. The molecule has 6 heteroatoms. The van der Waals surface area contributed by atoms with Crippen molar-refractivity contribution < 1.29 is 14.3 Å². The zero-order chi connectivity index (χ0) is 18.1. The molecule has 1 aromatic rings. The molecule has 1 aliphatic rings. The number of piperazine rings is 1. The van der Waals surface area contributed by atoms with E-state index < -0.39 is 0 Å². The van der Waals surface area contributed by atoms with Gasteiger partial charge in [-0.25, -0.2) is 0 Å². The second-order valence-corrected chi connectivity index (χ2v) is 6.34. The van der Waals surface area contributed by atoms with Crippen molar-refractivity contribution in [2.75, 3.05) is 33.3 Å². The minimum Gasteiger partial charge on any atom is -0.496 e. The van der Waals surface area contributed by atoms with Crippen LogP contribution in [0.5, 0.6) is 5.75 Å². The smallest absolute Gasteiger partial charge is 0.223 e. The fraction of sp³-hybridized carbons (Fsp3) is 0.579. The Balaban J connectivity index is 1.89. The van der Waals surface area contributed by atoms with Gasteiger partial charge in [0.05, 0.1) is 13.2 Å². The molecule has 0 bridgehead atoms. The maximum Gasteiger partial charge on any atom is 0.223 e. The Kier molecular flexibility index (Phi) is 7.73. The van der Waals surface area contributed by atoms with Crippen LogP contribution in [0, 0.1) is 0 Å². The lowest BCUT2D eigenvalue weighted by Gasteiger charge is -2.37. The zero-order valence-corrected chi connectivity index (χ0v) is 15.2. The minimum absolute atomic E-state index is 0.00320. The van der Waals surface area contributed by atoms with E-state index in [-0.39, 0.29) is 17.9 Å². The van der Waals surface area contributed by atoms with Gasteiger partial charge in [0.2, 0.25) is 11.8 Å². The average molecular weight is 347 g/mol. The fourth-order valence-corrected chi connectivity index (χ4v) is 3.21. The van der Waals surface area contributed by atoms with E-state index in [1.165, 1.54) is 6.92 Å². The molecular formula is C19H29N3O3. The number of carbonyl (C=O) groups is 2. The van der Waals surface area contributed by atoms with E-state index in [1.54, 1.807) is 7.11 Å². The van der Waals surface area contributed by atoms with Crippen molar-refractivity contribution >= 4 is 11.8 Å². The SMILES string of the molecule is COc1ccccc1C1CNCCN1C(=O)CCCCCNC(C)=O. The zero-order valence-electron chi connectivity index (χ0n) is 15.2. The summed E-state index contributed by atoms with van der Waals surface area (Å²) in [5.41, 5.74) is 1.05. The monoisotopic (exact) mass is 347 g/mol. The fourth-order valence-electron chi connectivity index (χ4n) is 3.21. The standard InChI is InChI=1S/C19H29N3O3/c1-15(23)21-11-7-3-4-10-19(24)22-13-12-20-14-17(22)16-8-5-6-9-18(16)25-2/h5-6,8-9,17,20H,3-4,7,10-14H2,1-2H3,(H,21,23). The number of para-hydroxylation sites is 1. The average Bonchev–Trinajstić information content (AvgIpc) is 2.64. The van der Waals surface area contributed by atoms with Gasteiger partial charge in [0.15, 0.2) is 0 Å². The van der Waals surface area contributed by atoms with Crippen LogP contribution in [0.15, 0.2) is 24.3 Å². The van der Waals surface area contributed by atoms with Gasteiger partial charge < -0.3 is 20.3 Å². The molecule has 1 fully saturated rings. The summed E-state index contributed by atoms with van der Waals surface area (Å²) in [6.45, 7) is 4.48. The van der Waals surface area contributed by atoms with Gasteiger partial charge in [-0.2, -0.15) is 0 Å². The predicted molar refractivity (Wildman–Crippen MR) is 97.5 cm³/mol. The highest BCUT2D eigenvalue weighted by Gasteiger charge is 2.29. The lowest BCUT2D eigenvalue weighted by molar-refractivity contribution is -0.134. The molecule has 1 unspecified atom stereocenters. The second kappa shape index (κ2) is 10.0. The Morgan fingerprint density at radius 3 is 2.84 bits per heavy atom. The highest BCUT2D eigenvalue weighted by molar-refractivity contribution is 5.77. The highest BCUT2D eigenvalue weighted by atomic mass is 16.5. The Hall–Kier alpha value is -2.08. The molecule has 0 radical (unpaired) electrons. The lowest BCUT2D eigenvalue weighted by atomic mass is 10.0. The first-order valence-electron chi connectivity index (χ1n) is 9.01. The summed E-state index contributed by atoms with van der Waals surface area (Å²) in [5.74, 6) is 1.01. The van der Waals surface area contributed by atoms with Crippen LogP contribution in [0.25, 0.3) is 0 Å². The molecule has 6 nitrogen and oxygen atoms in total. The molecule has 1 aromatic carbocycles. The van der Waals surface area contributed by atoms with Crippen molar-refractivity contribution in [3.8, 4) is 5.75 Å². The summed E-state index contributed by atoms with van der Waals surface area (Å²) >= 11 is 0. The molecule has 2 rings (SSSR count). The molecule has 1 aliphatic heterocycles. The van der Waals surface area contributed by atoms with E-state index in [2.05, 4.69) is 10.6 Å². The van der Waals surface area contributed by atoms with E-state index >= 15 is 0 Å². The predicted octanol–water partition coefficient (Wildman–Crippen LogP) is 1.86. The topological polar surface area (TPSA) is 70.7 Å². The van der Waals surface area contributed by atoms with Crippen molar-refractivity contribution in [2.45, 2.75) is 38.6 Å². The Morgan fingerprint density at radius 2 is 2.08 bits per heavy atom. The molecule has 1 saturated heterocycles. The Labute approximate surface area is 149 Å². The van der Waals surface area contributed by atoms with Crippen LogP contribution in [0.4, 0.5) is 0 Å². The van der Waals surface area contributed by atoms with Gasteiger partial charge in [-0.05, 0) is 18.9 Å². The first-order chi connectivity index (χ1) is 12.1. The highest BCUT2D eigenvalue weighted by Crippen LogP contribution is 2.30. The Bertz CT molecular complexity index is 577. The number of hydrogen-bond acceptors (Lipinski definition) is 4. The maximum atomic E-state index is 12.7. The Morgan fingerprint density at radius 1 is 1.28 bits per heavy atom. The number of amides is 2. The van der Waals surface area contributed by atoms with Gasteiger partial charge in [0.25, 0.3) is 0 Å². The number of nitrogens with one attached hydrogen (secondary N) is 2. The van der Waals surface area contributed by atoms with Crippen LogP contribution in [0.2, 0.25) is 0 Å². The van der Waals surface area contributed by atoms with Crippen LogP contribution in [0.3, 0.4) is 0 Å². The van der Waals surface area contributed by atoms with Crippen molar-refractivity contribution in [2.24, 2.45) is 0 Å². The summed E-state index contributed by atoms with van der Waals surface area (Å²) in [6.07, 6.45) is 3.24. The normalized spacial score (nSPS) is 17.2. The van der Waals surface area contributed by atoms with E-state index in [0.717, 1.165) is 43.7 Å². The third-order valence-electron chi connectivity index (χ3n) is 4.50. The molecule has 0 aliphatic carbocycles. The largest absolute Gasteiger partial charge is 0.496 e. The second-order valence-electron chi connectivity index (χ2n) is 6.34. The summed E-state index contributed by atoms with van der Waals surface area (Å²) < 4.78 is 5.47. The van der Waals surface area contributed by atoms with Gasteiger partial charge in [-0.15, -0.1) is 0 Å². The third kappa shape index (κ3) is 5.74. The molecule has 25 heavy (non-hydrogen) atoms. The van der Waals surface area contributed by atoms with E-state index in [9.17, 15) is 9.59 Å². The first-order valence-corrected chi connectivity index (χ1v) is 9.01. The third-order valence-corrected chi connectivity index (χ3v) is 4.50. The molecule has 0 spiro atoms. The van der Waals surface area contributed by atoms with Gasteiger partial charge in [0, 0.05) is 45.1 Å². The summed E-state index contributed by atoms with van der Waals surface area (Å²) in [4.78, 5) is 25.5. The molecule has 0 aromatic heterocycles. The number of rotatable bonds is 8. The number of hydrogen-bond donors (Lipinski definition) is 2. The molecule has 1 heterocycles. The minimum atomic E-state index is -0.00320. The summed E-state index contributed by atoms with van der Waals surface area (Å²) in [7, 11) is 1.66. The van der Waals surface area contributed by atoms with E-state index in [1.807, 2.05) is 29.2 Å². The van der Waals surface area contributed by atoms with E-state index in [4.69, 9.17) is 4.74 Å². The van der Waals surface area contributed by atoms with Gasteiger partial charge in [-0.1, -0.05) is 24.6 Å². The lowest BCUT2D eigenvalue weighted by Crippen LogP contribution is -2.48. The molecule has 2 amide bonds. The summed E-state index contributed by atoms with van der Waals surface area (Å²) in [6, 6.07) is 7.91. The quantitative estimate of drug-likeness (QED) is 0.704. The van der Waals surface area contributed by atoms with Crippen molar-refractivity contribution in [1.82, 2.24) is 15.5 Å². The number of benzene rings is 1. The number of ether oxygens (including phenoxy) is 1. The van der Waals surface area contributed by atoms with Crippen LogP contribution < -0.4 is 15.4 Å². The number of methoxy groups -OCH3 is 1. The van der Waals surface area contributed by atoms with Crippen LogP contribution in [-0.4, -0.2) is 50.0 Å². The van der Waals surface area contributed by atoms with Gasteiger partial charge >= 0.3 is 0 Å². The molecule has 2 N–H and O–H groups in total. The van der Waals surface area contributed by atoms with Gasteiger partial charge in [-0.3, -0.25) is 9.59 Å². The first kappa shape index (κ1) is 19.2. The van der Waals surface area contributed by atoms with Crippen molar-refractivity contribution in [3.63, 3.8) is 0 Å². The molecule has 1 atom stereocenters. The van der Waals surface area contributed by atoms with Crippen molar-refractivity contribution in [1.29, 1.82) is 0 Å². The van der Waals surface area contributed by atoms with Crippen LogP contribution in [0.1, 0.15) is 44.2 Å². The molecule has 138 valence electrons. The number of carbonyl (C=O) groups excluding carboxylic acids is 2. The number of nitrogens with zero attached hydrogens (tertiary/aromatic N) is 1. The van der Waals surface area contributed by atoms with Gasteiger partial charge in [0.1, 0.15) is 5.75 Å². The van der Waals surface area contributed by atoms with Crippen molar-refractivity contribution in [3.05, 3.63) is 29.8 Å². The summed E-state index contributed by atoms with van der Waals surface area (Å²) in [5, 5.41) is 6.16. The maximum absolute atomic E-state index is 12.7. The van der Waals surface area contributed by atoms with Crippen LogP contribution >= 0.6 is 0 Å².